The van der Waals surface area contributed by atoms with Gasteiger partial charge in [-0.15, -0.1) is 35.9 Å². The first-order valence-electron chi connectivity index (χ1n) is 7.17. The van der Waals surface area contributed by atoms with Crippen LogP contribution in [0.2, 0.25) is 0 Å². The average Bonchev–Trinajstić information content (AvgIpc) is 2.37. The van der Waals surface area contributed by atoms with E-state index in [9.17, 15) is 0 Å². The molecule has 0 spiro atoms. The number of benzene rings is 1. The van der Waals surface area contributed by atoms with Gasteiger partial charge in [-0.2, -0.15) is 0 Å². The fraction of sp³-hybridized carbons (Fsp3) is 0.389. The second-order valence-electron chi connectivity index (χ2n) is 5.38. The number of aliphatic hydroxyl groups excluding tert-OH is 2. The molecule has 1 aromatic carbocycles. The predicted molar refractivity (Wildman–Crippen MR) is 86.0 cm³/mol. The Balaban J connectivity index is 0.000000478. The van der Waals surface area contributed by atoms with Crippen molar-refractivity contribution in [2.75, 3.05) is 0 Å². The van der Waals surface area contributed by atoms with Gasteiger partial charge >= 0.3 is 0 Å². The normalized spacial score (nSPS) is 12.5. The standard InChI is InChI=1S/C13H12N.C5H12O2.Rh/c1-10-8-11(2)14-13(9-10)12-6-4-3-5-7-12;1-4(6)3-5(2)7;/h3-6,8-9H,1-2H3;4-7H,3H2,1-2H3;/q-1;;. The monoisotopic (exact) mass is 389 g/mol. The van der Waals surface area contributed by atoms with Crippen LogP contribution in [0.15, 0.2) is 36.4 Å². The second-order valence-corrected chi connectivity index (χ2v) is 5.38. The van der Waals surface area contributed by atoms with E-state index in [-0.39, 0.29) is 31.7 Å². The molecule has 22 heavy (non-hydrogen) atoms. The SMILES string of the molecule is CC(O)CC(C)O.Cc1cc(C)nc(-c2[c-]cccc2)c1.[Rh]. The molecule has 2 rings (SSSR count). The zero-order chi connectivity index (χ0) is 15.8. The van der Waals surface area contributed by atoms with Crippen LogP contribution >= 0.6 is 0 Å². The van der Waals surface area contributed by atoms with Crippen molar-refractivity contribution in [3.8, 4) is 11.3 Å². The molecule has 2 aromatic rings. The van der Waals surface area contributed by atoms with Crippen LogP contribution < -0.4 is 0 Å². The molecule has 123 valence electrons. The predicted octanol–water partition coefficient (Wildman–Crippen LogP) is 3.30. The number of hydrogen-bond donors (Lipinski definition) is 2. The Morgan fingerprint density at radius 2 is 1.73 bits per heavy atom. The minimum atomic E-state index is -0.375. The zero-order valence-electron chi connectivity index (χ0n) is 13.5. The van der Waals surface area contributed by atoms with E-state index in [4.69, 9.17) is 10.2 Å². The average molecular weight is 389 g/mol. The summed E-state index contributed by atoms with van der Waals surface area (Å²) in [6, 6.07) is 15.2. The molecule has 0 saturated heterocycles. The Morgan fingerprint density at radius 3 is 2.14 bits per heavy atom. The van der Waals surface area contributed by atoms with Gasteiger partial charge in [0.25, 0.3) is 0 Å². The molecule has 0 aliphatic carbocycles. The molecule has 1 radical (unpaired) electrons. The summed E-state index contributed by atoms with van der Waals surface area (Å²) in [6.07, 6.45) is -0.278. The van der Waals surface area contributed by atoms with E-state index < -0.39 is 0 Å². The van der Waals surface area contributed by atoms with Crippen molar-refractivity contribution in [2.24, 2.45) is 0 Å². The van der Waals surface area contributed by atoms with Gasteiger partial charge in [-0.05, 0) is 45.9 Å². The Labute approximate surface area is 146 Å². The van der Waals surface area contributed by atoms with Gasteiger partial charge in [0.1, 0.15) is 0 Å². The Hall–Kier alpha value is -1.09. The van der Waals surface area contributed by atoms with Crippen molar-refractivity contribution < 1.29 is 29.7 Å². The third-order valence-corrected chi connectivity index (χ3v) is 2.76. The second kappa shape index (κ2) is 10.6. The van der Waals surface area contributed by atoms with Crippen LogP contribution in [-0.4, -0.2) is 27.4 Å². The number of nitrogens with zero attached hydrogens (tertiary/aromatic N) is 1. The summed E-state index contributed by atoms with van der Waals surface area (Å²) in [7, 11) is 0. The van der Waals surface area contributed by atoms with Crippen LogP contribution in [0.3, 0.4) is 0 Å². The maximum atomic E-state index is 8.56. The molecule has 0 amide bonds. The molecular formula is C18H24NO2Rh-. The minimum Gasteiger partial charge on any atom is -0.393 e. The first kappa shape index (κ1) is 20.9. The molecule has 1 aromatic heterocycles. The molecule has 0 aliphatic rings. The quantitative estimate of drug-likeness (QED) is 0.626. The molecule has 2 N–H and O–H groups in total. The van der Waals surface area contributed by atoms with Gasteiger partial charge in [-0.3, -0.25) is 0 Å². The first-order chi connectivity index (χ1) is 9.88. The topological polar surface area (TPSA) is 53.4 Å². The van der Waals surface area contributed by atoms with E-state index in [2.05, 4.69) is 30.1 Å². The van der Waals surface area contributed by atoms with E-state index in [0.29, 0.717) is 6.42 Å². The molecule has 2 unspecified atom stereocenters. The van der Waals surface area contributed by atoms with Crippen LogP contribution in [-0.2, 0) is 19.5 Å². The first-order valence-corrected chi connectivity index (χ1v) is 7.17. The Kier molecular flexibility index (Phi) is 10.1. The molecule has 0 saturated carbocycles. The summed E-state index contributed by atoms with van der Waals surface area (Å²) in [4.78, 5) is 4.47. The smallest absolute Gasteiger partial charge is 0.0536 e. The number of rotatable bonds is 3. The summed E-state index contributed by atoms with van der Waals surface area (Å²) in [5.41, 5.74) is 4.35. The molecule has 0 fully saturated rings. The number of aliphatic hydroxyl groups is 2. The third kappa shape index (κ3) is 8.38. The van der Waals surface area contributed by atoms with E-state index >= 15 is 0 Å². The number of hydrogen-bond acceptors (Lipinski definition) is 3. The van der Waals surface area contributed by atoms with Crippen LogP contribution in [0, 0.1) is 19.9 Å². The van der Waals surface area contributed by atoms with Crippen molar-refractivity contribution in [1.29, 1.82) is 0 Å². The number of aryl methyl sites for hydroxylation is 2. The molecule has 0 bridgehead atoms. The van der Waals surface area contributed by atoms with Crippen molar-refractivity contribution in [3.63, 3.8) is 0 Å². The largest absolute Gasteiger partial charge is 0.393 e. The summed E-state index contributed by atoms with van der Waals surface area (Å²) in [6.45, 7) is 7.42. The van der Waals surface area contributed by atoms with E-state index in [1.54, 1.807) is 13.8 Å². The maximum absolute atomic E-state index is 8.56. The fourth-order valence-corrected chi connectivity index (χ4v) is 2.03. The van der Waals surface area contributed by atoms with Gasteiger partial charge in [0.2, 0.25) is 0 Å². The Bertz CT molecular complexity index is 516. The zero-order valence-corrected chi connectivity index (χ0v) is 15.1. The van der Waals surface area contributed by atoms with Crippen LogP contribution in [0.4, 0.5) is 0 Å². The van der Waals surface area contributed by atoms with Crippen LogP contribution in [0.1, 0.15) is 31.5 Å². The molecule has 1 heterocycles. The van der Waals surface area contributed by atoms with Gasteiger partial charge in [-0.1, -0.05) is 11.6 Å². The number of pyridine rings is 1. The van der Waals surface area contributed by atoms with E-state index in [1.165, 1.54) is 5.56 Å². The van der Waals surface area contributed by atoms with E-state index in [1.807, 2.05) is 31.2 Å². The van der Waals surface area contributed by atoms with Gasteiger partial charge in [0, 0.05) is 25.2 Å². The molecular weight excluding hydrogens is 365 g/mol. The summed E-state index contributed by atoms with van der Waals surface area (Å²) < 4.78 is 0. The third-order valence-electron chi connectivity index (χ3n) is 2.76. The summed E-state index contributed by atoms with van der Waals surface area (Å²) in [5.74, 6) is 0. The van der Waals surface area contributed by atoms with Gasteiger partial charge < -0.3 is 15.2 Å². The van der Waals surface area contributed by atoms with Crippen LogP contribution in [0.25, 0.3) is 11.3 Å². The van der Waals surface area contributed by atoms with Gasteiger partial charge in [0.15, 0.2) is 0 Å². The fourth-order valence-electron chi connectivity index (χ4n) is 2.03. The van der Waals surface area contributed by atoms with E-state index in [0.717, 1.165) is 17.0 Å². The van der Waals surface area contributed by atoms with Crippen molar-refractivity contribution in [1.82, 2.24) is 4.98 Å². The summed E-state index contributed by atoms with van der Waals surface area (Å²) in [5, 5.41) is 17.1. The number of aromatic nitrogens is 1. The van der Waals surface area contributed by atoms with Gasteiger partial charge in [0.05, 0.1) is 12.2 Å². The maximum Gasteiger partial charge on any atom is 0.0536 e. The molecule has 0 aliphatic heterocycles. The Morgan fingerprint density at radius 1 is 1.09 bits per heavy atom. The van der Waals surface area contributed by atoms with Crippen molar-refractivity contribution in [3.05, 3.63) is 53.7 Å². The molecule has 2 atom stereocenters. The minimum absolute atomic E-state index is 0. The van der Waals surface area contributed by atoms with Gasteiger partial charge in [-0.25, -0.2) is 0 Å². The van der Waals surface area contributed by atoms with Crippen molar-refractivity contribution in [2.45, 2.75) is 46.3 Å². The summed E-state index contributed by atoms with van der Waals surface area (Å²) >= 11 is 0. The van der Waals surface area contributed by atoms with Crippen LogP contribution in [0.5, 0.6) is 0 Å². The molecule has 4 heteroatoms. The molecule has 3 nitrogen and oxygen atoms in total. The van der Waals surface area contributed by atoms with Crippen molar-refractivity contribution >= 4 is 0 Å².